The average molecular weight is 269 g/mol. The standard InChI is InChI=1S/C15H31N3O/c1-5-6-12(16)11-14(19)17-13-7-9-18(10-8-13)15(2,3)4/h12-13H,5-11,16H2,1-4H3,(H,17,19). The van der Waals surface area contributed by atoms with Gasteiger partial charge in [-0.25, -0.2) is 0 Å². The van der Waals surface area contributed by atoms with Crippen molar-refractivity contribution in [3.05, 3.63) is 0 Å². The molecule has 1 rings (SSSR count). The Morgan fingerprint density at radius 3 is 2.42 bits per heavy atom. The molecule has 1 fully saturated rings. The average Bonchev–Trinajstić information content (AvgIpc) is 2.28. The van der Waals surface area contributed by atoms with Crippen molar-refractivity contribution in [1.82, 2.24) is 10.2 Å². The molecule has 0 saturated carbocycles. The van der Waals surface area contributed by atoms with Crippen molar-refractivity contribution in [2.45, 2.75) is 77.4 Å². The van der Waals surface area contributed by atoms with E-state index in [2.05, 4.69) is 37.9 Å². The third kappa shape index (κ3) is 5.91. The van der Waals surface area contributed by atoms with E-state index in [1.165, 1.54) is 0 Å². The first kappa shape index (κ1) is 16.4. The number of carbonyl (C=O) groups excluding carboxylic acids is 1. The van der Waals surface area contributed by atoms with Gasteiger partial charge in [0.15, 0.2) is 0 Å². The number of amides is 1. The van der Waals surface area contributed by atoms with Crippen LogP contribution in [-0.4, -0.2) is 41.5 Å². The van der Waals surface area contributed by atoms with E-state index >= 15 is 0 Å². The number of piperidine rings is 1. The third-order valence-electron chi connectivity index (χ3n) is 3.92. The van der Waals surface area contributed by atoms with Crippen LogP contribution in [0.15, 0.2) is 0 Å². The zero-order chi connectivity index (χ0) is 14.5. The van der Waals surface area contributed by atoms with Crippen molar-refractivity contribution < 1.29 is 4.79 Å². The number of hydrogen-bond donors (Lipinski definition) is 2. The summed E-state index contributed by atoms with van der Waals surface area (Å²) in [7, 11) is 0. The number of nitrogens with zero attached hydrogens (tertiary/aromatic N) is 1. The van der Waals surface area contributed by atoms with Gasteiger partial charge >= 0.3 is 0 Å². The molecule has 0 spiro atoms. The number of nitrogens with one attached hydrogen (secondary N) is 1. The maximum Gasteiger partial charge on any atom is 0.221 e. The van der Waals surface area contributed by atoms with E-state index < -0.39 is 0 Å². The van der Waals surface area contributed by atoms with Crippen molar-refractivity contribution in [2.24, 2.45) is 5.73 Å². The maximum absolute atomic E-state index is 11.9. The van der Waals surface area contributed by atoms with Crippen molar-refractivity contribution in [2.75, 3.05) is 13.1 Å². The lowest BCUT2D eigenvalue weighted by molar-refractivity contribution is -0.122. The molecule has 1 aliphatic rings. The quantitative estimate of drug-likeness (QED) is 0.801. The number of carbonyl (C=O) groups is 1. The molecule has 0 aromatic rings. The van der Waals surface area contributed by atoms with Crippen LogP contribution in [0.4, 0.5) is 0 Å². The van der Waals surface area contributed by atoms with Gasteiger partial charge < -0.3 is 11.1 Å². The highest BCUT2D eigenvalue weighted by Gasteiger charge is 2.27. The van der Waals surface area contributed by atoms with E-state index in [1.54, 1.807) is 0 Å². The zero-order valence-electron chi connectivity index (χ0n) is 13.0. The summed E-state index contributed by atoms with van der Waals surface area (Å²) in [6.45, 7) is 11.0. The molecule has 1 amide bonds. The molecule has 0 aliphatic carbocycles. The van der Waals surface area contributed by atoms with E-state index in [9.17, 15) is 4.79 Å². The minimum Gasteiger partial charge on any atom is -0.353 e. The molecule has 0 bridgehead atoms. The predicted molar refractivity (Wildman–Crippen MR) is 80.0 cm³/mol. The van der Waals surface area contributed by atoms with E-state index in [0.717, 1.165) is 38.8 Å². The van der Waals surface area contributed by atoms with Crippen LogP contribution in [0.2, 0.25) is 0 Å². The van der Waals surface area contributed by atoms with Crippen molar-refractivity contribution in [1.29, 1.82) is 0 Å². The van der Waals surface area contributed by atoms with Crippen molar-refractivity contribution >= 4 is 5.91 Å². The molecule has 1 aliphatic heterocycles. The zero-order valence-corrected chi connectivity index (χ0v) is 13.0. The van der Waals surface area contributed by atoms with Gasteiger partial charge in [-0.05, 0) is 40.0 Å². The lowest BCUT2D eigenvalue weighted by Gasteiger charge is -2.41. The fourth-order valence-corrected chi connectivity index (χ4v) is 2.69. The molecule has 4 heteroatoms. The molecule has 1 saturated heterocycles. The first-order valence-electron chi connectivity index (χ1n) is 7.63. The normalized spacial score (nSPS) is 20.3. The molecule has 0 aromatic heterocycles. The Bertz CT molecular complexity index is 278. The van der Waals surface area contributed by atoms with Crippen LogP contribution < -0.4 is 11.1 Å². The van der Waals surface area contributed by atoms with Crippen LogP contribution in [0.1, 0.15) is 59.8 Å². The summed E-state index contributed by atoms with van der Waals surface area (Å²) < 4.78 is 0. The Morgan fingerprint density at radius 1 is 1.37 bits per heavy atom. The molecule has 112 valence electrons. The van der Waals surface area contributed by atoms with Gasteiger partial charge in [0.2, 0.25) is 5.91 Å². The largest absolute Gasteiger partial charge is 0.353 e. The van der Waals surface area contributed by atoms with Gasteiger partial charge in [0, 0.05) is 37.1 Å². The molecule has 0 aromatic carbocycles. The van der Waals surface area contributed by atoms with Crippen LogP contribution in [-0.2, 0) is 4.79 Å². The topological polar surface area (TPSA) is 58.4 Å². The summed E-state index contributed by atoms with van der Waals surface area (Å²) in [6.07, 6.45) is 4.53. The molecule has 1 atom stereocenters. The highest BCUT2D eigenvalue weighted by atomic mass is 16.1. The summed E-state index contributed by atoms with van der Waals surface area (Å²) in [5, 5.41) is 3.13. The Labute approximate surface area is 118 Å². The van der Waals surface area contributed by atoms with Crippen LogP contribution in [0, 0.1) is 0 Å². The van der Waals surface area contributed by atoms with E-state index in [0.29, 0.717) is 12.5 Å². The summed E-state index contributed by atoms with van der Waals surface area (Å²) >= 11 is 0. The fourth-order valence-electron chi connectivity index (χ4n) is 2.69. The second-order valence-corrected chi connectivity index (χ2v) is 6.75. The Balaban J connectivity index is 2.27. The second kappa shape index (κ2) is 7.25. The Kier molecular flexibility index (Phi) is 6.27. The summed E-state index contributed by atoms with van der Waals surface area (Å²) in [5.74, 6) is 0.121. The summed E-state index contributed by atoms with van der Waals surface area (Å²) in [5.41, 5.74) is 6.13. The highest BCUT2D eigenvalue weighted by molar-refractivity contribution is 5.76. The lowest BCUT2D eigenvalue weighted by atomic mass is 9.98. The fraction of sp³-hybridized carbons (Fsp3) is 0.933. The molecule has 4 nitrogen and oxygen atoms in total. The molecule has 1 heterocycles. The minimum atomic E-state index is 0.0136. The van der Waals surface area contributed by atoms with Gasteiger partial charge in [-0.1, -0.05) is 13.3 Å². The van der Waals surface area contributed by atoms with Crippen molar-refractivity contribution in [3.63, 3.8) is 0 Å². The molecule has 19 heavy (non-hydrogen) atoms. The predicted octanol–water partition coefficient (Wildman–Crippen LogP) is 1.88. The van der Waals surface area contributed by atoms with Gasteiger partial charge in [0.1, 0.15) is 0 Å². The van der Waals surface area contributed by atoms with E-state index in [-0.39, 0.29) is 17.5 Å². The first-order valence-corrected chi connectivity index (χ1v) is 7.63. The van der Waals surface area contributed by atoms with Crippen LogP contribution in [0.25, 0.3) is 0 Å². The Morgan fingerprint density at radius 2 is 1.95 bits per heavy atom. The minimum absolute atomic E-state index is 0.0136. The third-order valence-corrected chi connectivity index (χ3v) is 3.92. The van der Waals surface area contributed by atoms with Gasteiger partial charge in [-0.3, -0.25) is 9.69 Å². The second-order valence-electron chi connectivity index (χ2n) is 6.75. The number of likely N-dealkylation sites (tertiary alicyclic amines) is 1. The first-order chi connectivity index (χ1) is 8.82. The maximum atomic E-state index is 11.9. The van der Waals surface area contributed by atoms with Crippen LogP contribution in [0.5, 0.6) is 0 Å². The number of nitrogens with two attached hydrogens (primary N) is 1. The highest BCUT2D eigenvalue weighted by Crippen LogP contribution is 2.20. The van der Waals surface area contributed by atoms with Gasteiger partial charge in [-0.15, -0.1) is 0 Å². The molecule has 1 unspecified atom stereocenters. The molecular formula is C15H31N3O. The number of rotatable bonds is 5. The van der Waals surface area contributed by atoms with Gasteiger partial charge in [0.25, 0.3) is 0 Å². The summed E-state index contributed by atoms with van der Waals surface area (Å²) in [6, 6.07) is 0.347. The Hall–Kier alpha value is -0.610. The van der Waals surface area contributed by atoms with E-state index in [1.807, 2.05) is 0 Å². The molecule has 3 N–H and O–H groups in total. The summed E-state index contributed by atoms with van der Waals surface area (Å²) in [4.78, 5) is 14.4. The number of hydrogen-bond acceptors (Lipinski definition) is 3. The SMILES string of the molecule is CCCC(N)CC(=O)NC1CCN(C(C)(C)C)CC1. The van der Waals surface area contributed by atoms with Crippen molar-refractivity contribution in [3.8, 4) is 0 Å². The molecular weight excluding hydrogens is 238 g/mol. The van der Waals surface area contributed by atoms with Gasteiger partial charge in [-0.2, -0.15) is 0 Å². The monoisotopic (exact) mass is 269 g/mol. The lowest BCUT2D eigenvalue weighted by Crippen LogP contribution is -2.51. The van der Waals surface area contributed by atoms with E-state index in [4.69, 9.17) is 5.73 Å². The molecule has 0 radical (unpaired) electrons. The van der Waals surface area contributed by atoms with Crippen LogP contribution in [0.3, 0.4) is 0 Å². The van der Waals surface area contributed by atoms with Gasteiger partial charge in [0.05, 0.1) is 0 Å². The van der Waals surface area contributed by atoms with Crippen LogP contribution >= 0.6 is 0 Å². The smallest absolute Gasteiger partial charge is 0.221 e.